The Labute approximate surface area is 62.2 Å². The number of nitrogens with zero attached hydrogens (tertiary/aromatic N) is 1. The van der Waals surface area contributed by atoms with Crippen molar-refractivity contribution in [1.82, 2.24) is 4.90 Å². The highest BCUT2D eigenvalue weighted by Crippen LogP contribution is 2.25. The van der Waals surface area contributed by atoms with E-state index in [4.69, 9.17) is 4.74 Å². The predicted octanol–water partition coefficient (Wildman–Crippen LogP) is 0.727. The minimum Gasteiger partial charge on any atom is -0.377 e. The fourth-order valence-electron chi connectivity index (χ4n) is 1.95. The van der Waals surface area contributed by atoms with Gasteiger partial charge in [-0.3, -0.25) is 0 Å². The first-order valence-corrected chi connectivity index (χ1v) is 4.15. The fraction of sp³-hybridized carbons (Fsp3) is 1.00. The number of likely N-dealkylation sites (N-methyl/N-ethyl adjacent to an activating group) is 1. The molecule has 2 rings (SSSR count). The lowest BCUT2D eigenvalue weighted by molar-refractivity contribution is 0.0682. The zero-order valence-electron chi connectivity index (χ0n) is 6.55. The molecule has 0 aromatic rings. The van der Waals surface area contributed by atoms with Crippen molar-refractivity contribution in [3.63, 3.8) is 0 Å². The number of likely N-dealkylation sites (tertiary alicyclic amines) is 1. The van der Waals surface area contributed by atoms with E-state index in [1.807, 2.05) is 0 Å². The molecule has 2 unspecified atom stereocenters. The van der Waals surface area contributed by atoms with E-state index in [9.17, 15) is 0 Å². The second kappa shape index (κ2) is 2.51. The molecule has 0 aromatic carbocycles. The standard InChI is InChI=1S/C8H15NO/c1-9-3-2-7-4-8(5-9)10-6-7/h7-8H,2-6H2,1H3. The van der Waals surface area contributed by atoms with Gasteiger partial charge in [0.05, 0.1) is 6.10 Å². The first-order chi connectivity index (χ1) is 4.84. The predicted molar refractivity (Wildman–Crippen MR) is 40.0 cm³/mol. The largest absolute Gasteiger partial charge is 0.377 e. The molecule has 2 bridgehead atoms. The highest BCUT2D eigenvalue weighted by molar-refractivity contribution is 4.80. The SMILES string of the molecule is CN1CCC2COC(C2)C1. The molecule has 2 nitrogen and oxygen atoms in total. The van der Waals surface area contributed by atoms with E-state index in [-0.39, 0.29) is 0 Å². The average molecular weight is 141 g/mol. The molecule has 0 aliphatic carbocycles. The molecule has 2 heterocycles. The summed E-state index contributed by atoms with van der Waals surface area (Å²) in [6.07, 6.45) is 3.20. The highest BCUT2D eigenvalue weighted by atomic mass is 16.5. The van der Waals surface area contributed by atoms with Crippen molar-refractivity contribution in [3.05, 3.63) is 0 Å². The van der Waals surface area contributed by atoms with Gasteiger partial charge in [-0.1, -0.05) is 0 Å². The van der Waals surface area contributed by atoms with Crippen LogP contribution in [0.1, 0.15) is 12.8 Å². The second-order valence-corrected chi connectivity index (χ2v) is 3.61. The third kappa shape index (κ3) is 1.18. The van der Waals surface area contributed by atoms with Crippen molar-refractivity contribution < 1.29 is 4.74 Å². The number of fused-ring (bicyclic) bond motifs is 2. The minimum absolute atomic E-state index is 0.553. The lowest BCUT2D eigenvalue weighted by Crippen LogP contribution is -2.28. The Bertz CT molecular complexity index is 126. The quantitative estimate of drug-likeness (QED) is 0.493. The van der Waals surface area contributed by atoms with Crippen molar-refractivity contribution in [2.45, 2.75) is 18.9 Å². The van der Waals surface area contributed by atoms with Crippen LogP contribution in [0.3, 0.4) is 0 Å². The van der Waals surface area contributed by atoms with E-state index >= 15 is 0 Å². The molecule has 2 aliphatic heterocycles. The summed E-state index contributed by atoms with van der Waals surface area (Å²) >= 11 is 0. The zero-order valence-corrected chi connectivity index (χ0v) is 6.55. The molecule has 0 radical (unpaired) electrons. The molecule has 2 aliphatic rings. The third-order valence-corrected chi connectivity index (χ3v) is 2.60. The molecule has 0 aromatic heterocycles. The molecule has 2 atom stereocenters. The van der Waals surface area contributed by atoms with Gasteiger partial charge in [0.15, 0.2) is 0 Å². The molecule has 0 spiro atoms. The van der Waals surface area contributed by atoms with Gasteiger partial charge in [0.1, 0.15) is 0 Å². The molecule has 2 saturated heterocycles. The molecule has 0 amide bonds. The Balaban J connectivity index is 1.99. The van der Waals surface area contributed by atoms with Crippen LogP contribution < -0.4 is 0 Å². The van der Waals surface area contributed by atoms with E-state index in [0.29, 0.717) is 6.10 Å². The van der Waals surface area contributed by atoms with Gasteiger partial charge in [-0.25, -0.2) is 0 Å². The smallest absolute Gasteiger partial charge is 0.0705 e. The van der Waals surface area contributed by atoms with Gasteiger partial charge in [0.2, 0.25) is 0 Å². The molecular formula is C8H15NO. The number of hydrogen-bond donors (Lipinski definition) is 0. The van der Waals surface area contributed by atoms with Gasteiger partial charge in [-0.15, -0.1) is 0 Å². The molecule has 0 saturated carbocycles. The Kier molecular flexibility index (Phi) is 1.66. The van der Waals surface area contributed by atoms with Crippen LogP contribution in [0.2, 0.25) is 0 Å². The zero-order chi connectivity index (χ0) is 6.97. The van der Waals surface area contributed by atoms with E-state index in [2.05, 4.69) is 11.9 Å². The van der Waals surface area contributed by atoms with Gasteiger partial charge < -0.3 is 9.64 Å². The monoisotopic (exact) mass is 141 g/mol. The van der Waals surface area contributed by atoms with Gasteiger partial charge in [-0.05, 0) is 32.4 Å². The second-order valence-electron chi connectivity index (χ2n) is 3.61. The van der Waals surface area contributed by atoms with E-state index in [1.165, 1.54) is 19.4 Å². The van der Waals surface area contributed by atoms with Crippen molar-refractivity contribution in [2.75, 3.05) is 26.7 Å². The summed E-state index contributed by atoms with van der Waals surface area (Å²) in [4.78, 5) is 2.38. The maximum Gasteiger partial charge on any atom is 0.0705 e. The molecular weight excluding hydrogens is 126 g/mol. The summed E-state index contributed by atoms with van der Waals surface area (Å²) in [5.74, 6) is 0.870. The average Bonchev–Trinajstić information content (AvgIpc) is 2.22. The summed E-state index contributed by atoms with van der Waals surface area (Å²) in [7, 11) is 2.18. The van der Waals surface area contributed by atoms with Gasteiger partial charge in [-0.2, -0.15) is 0 Å². The van der Waals surface area contributed by atoms with Crippen molar-refractivity contribution in [2.24, 2.45) is 5.92 Å². The van der Waals surface area contributed by atoms with Crippen LogP contribution in [-0.4, -0.2) is 37.7 Å². The number of hydrogen-bond acceptors (Lipinski definition) is 2. The number of rotatable bonds is 0. The topological polar surface area (TPSA) is 12.5 Å². The normalized spacial score (nSPS) is 41.7. The summed E-state index contributed by atoms with van der Waals surface area (Å²) < 4.78 is 5.59. The molecule has 58 valence electrons. The molecule has 2 fully saturated rings. The van der Waals surface area contributed by atoms with Gasteiger partial charge in [0.25, 0.3) is 0 Å². The highest BCUT2D eigenvalue weighted by Gasteiger charge is 2.29. The fourth-order valence-corrected chi connectivity index (χ4v) is 1.95. The third-order valence-electron chi connectivity index (χ3n) is 2.60. The van der Waals surface area contributed by atoms with Crippen LogP contribution in [0.4, 0.5) is 0 Å². The van der Waals surface area contributed by atoms with E-state index in [0.717, 1.165) is 19.1 Å². The summed E-state index contributed by atoms with van der Waals surface area (Å²) in [5, 5.41) is 0. The Morgan fingerprint density at radius 1 is 1.50 bits per heavy atom. The van der Waals surface area contributed by atoms with Crippen LogP contribution in [0.5, 0.6) is 0 Å². The first-order valence-electron chi connectivity index (χ1n) is 4.15. The maximum absolute atomic E-state index is 5.59. The van der Waals surface area contributed by atoms with Crippen molar-refractivity contribution >= 4 is 0 Å². The molecule has 10 heavy (non-hydrogen) atoms. The lowest BCUT2D eigenvalue weighted by Gasteiger charge is -2.19. The van der Waals surface area contributed by atoms with Crippen LogP contribution in [0.25, 0.3) is 0 Å². The van der Waals surface area contributed by atoms with Gasteiger partial charge in [0, 0.05) is 13.2 Å². The van der Waals surface area contributed by atoms with Crippen molar-refractivity contribution in [3.8, 4) is 0 Å². The van der Waals surface area contributed by atoms with E-state index in [1.54, 1.807) is 0 Å². The van der Waals surface area contributed by atoms with Crippen LogP contribution in [-0.2, 0) is 4.74 Å². The summed E-state index contributed by atoms with van der Waals surface area (Å²) in [5.41, 5.74) is 0. The van der Waals surface area contributed by atoms with Gasteiger partial charge >= 0.3 is 0 Å². The van der Waals surface area contributed by atoms with Crippen LogP contribution >= 0.6 is 0 Å². The van der Waals surface area contributed by atoms with Crippen LogP contribution in [0, 0.1) is 5.92 Å². The summed E-state index contributed by atoms with van der Waals surface area (Å²) in [6.45, 7) is 3.44. The maximum atomic E-state index is 5.59. The van der Waals surface area contributed by atoms with Crippen LogP contribution in [0.15, 0.2) is 0 Å². The molecule has 0 N–H and O–H groups in total. The van der Waals surface area contributed by atoms with E-state index < -0.39 is 0 Å². The lowest BCUT2D eigenvalue weighted by atomic mass is 10.0. The Morgan fingerprint density at radius 3 is 3.30 bits per heavy atom. The first kappa shape index (κ1) is 6.62. The minimum atomic E-state index is 0.553. The number of ether oxygens (including phenoxy) is 1. The summed E-state index contributed by atoms with van der Waals surface area (Å²) in [6, 6.07) is 0. The Morgan fingerprint density at radius 2 is 2.40 bits per heavy atom. The van der Waals surface area contributed by atoms with Crippen molar-refractivity contribution in [1.29, 1.82) is 0 Å². The molecule has 2 heteroatoms. The Hall–Kier alpha value is -0.0800.